The molecule has 0 spiro atoms. The van der Waals surface area contributed by atoms with E-state index >= 15 is 0 Å². The third kappa shape index (κ3) is 4.30. The number of cyclic esters (lactones) is 1. The maximum Gasteiger partial charge on any atom is 0.306 e. The lowest BCUT2D eigenvalue weighted by Crippen LogP contribution is -2.35. The molecule has 1 fully saturated rings. The fourth-order valence-corrected chi connectivity index (χ4v) is 4.51. The Balaban J connectivity index is 1.58. The lowest BCUT2D eigenvalue weighted by atomic mass is 9.82. The van der Waals surface area contributed by atoms with Gasteiger partial charge in [0.05, 0.1) is 17.8 Å². The zero-order valence-corrected chi connectivity index (χ0v) is 17.0. The van der Waals surface area contributed by atoms with Crippen LogP contribution in [-0.4, -0.2) is 27.8 Å². The number of thioether (sulfide) groups is 1. The number of nitrogens with zero attached hydrogens (tertiary/aromatic N) is 1. The molecule has 3 aromatic rings. The molecule has 0 amide bonds. The summed E-state index contributed by atoms with van der Waals surface area (Å²) in [6.45, 7) is 4.25. The van der Waals surface area contributed by atoms with Crippen molar-refractivity contribution in [3.8, 4) is 22.5 Å². The SMILES string of the molecule is CC1(C)CC(=O)OC(CSc2nc(-c3ccccc3)c(-c3ccccc3)[nH]2)C1. The number of aromatic amines is 1. The van der Waals surface area contributed by atoms with Crippen LogP contribution in [0.15, 0.2) is 65.8 Å². The van der Waals surface area contributed by atoms with Crippen LogP contribution in [0.25, 0.3) is 22.5 Å². The van der Waals surface area contributed by atoms with Gasteiger partial charge in [-0.3, -0.25) is 4.79 Å². The van der Waals surface area contributed by atoms with Crippen molar-refractivity contribution in [2.75, 3.05) is 5.75 Å². The molecule has 0 aliphatic carbocycles. The smallest absolute Gasteiger partial charge is 0.306 e. The van der Waals surface area contributed by atoms with E-state index in [0.29, 0.717) is 12.2 Å². The summed E-state index contributed by atoms with van der Waals surface area (Å²) in [4.78, 5) is 20.2. The van der Waals surface area contributed by atoms with E-state index in [2.05, 4.69) is 43.1 Å². The molecule has 28 heavy (non-hydrogen) atoms. The van der Waals surface area contributed by atoms with Crippen molar-refractivity contribution in [2.24, 2.45) is 5.41 Å². The Morgan fingerprint density at radius 2 is 1.71 bits per heavy atom. The largest absolute Gasteiger partial charge is 0.461 e. The Labute approximate surface area is 169 Å². The van der Waals surface area contributed by atoms with Crippen LogP contribution >= 0.6 is 11.8 Å². The summed E-state index contributed by atoms with van der Waals surface area (Å²) in [5, 5.41) is 0.845. The Bertz CT molecular complexity index is 894. The summed E-state index contributed by atoms with van der Waals surface area (Å²) in [5.41, 5.74) is 4.12. The third-order valence-corrected chi connectivity index (χ3v) is 5.90. The average Bonchev–Trinajstić information content (AvgIpc) is 3.11. The minimum atomic E-state index is -0.101. The topological polar surface area (TPSA) is 55.0 Å². The predicted molar refractivity (Wildman–Crippen MR) is 113 cm³/mol. The van der Waals surface area contributed by atoms with Gasteiger partial charge in [-0.2, -0.15) is 0 Å². The molecule has 1 aliphatic heterocycles. The van der Waals surface area contributed by atoms with Crippen LogP contribution in [0, 0.1) is 5.41 Å². The highest BCUT2D eigenvalue weighted by atomic mass is 32.2. The maximum absolute atomic E-state index is 11.9. The molecule has 5 heteroatoms. The van der Waals surface area contributed by atoms with E-state index in [1.54, 1.807) is 11.8 Å². The first kappa shape index (κ1) is 18.8. The van der Waals surface area contributed by atoms with Gasteiger partial charge in [0.25, 0.3) is 0 Å². The molecule has 1 aromatic heterocycles. The summed E-state index contributed by atoms with van der Waals surface area (Å²) in [7, 11) is 0. The highest BCUT2D eigenvalue weighted by Gasteiger charge is 2.34. The van der Waals surface area contributed by atoms with Gasteiger partial charge in [0.1, 0.15) is 6.10 Å². The molecule has 0 bridgehead atoms. The molecule has 1 N–H and O–H groups in total. The number of hydrogen-bond donors (Lipinski definition) is 1. The van der Waals surface area contributed by atoms with E-state index in [0.717, 1.165) is 34.1 Å². The number of carbonyl (C=O) groups excluding carboxylic acids is 1. The summed E-state index contributed by atoms with van der Waals surface area (Å²) in [6.07, 6.45) is 1.29. The molecule has 0 saturated carbocycles. The zero-order chi connectivity index (χ0) is 19.6. The summed E-state index contributed by atoms with van der Waals surface area (Å²) in [5.74, 6) is 0.599. The van der Waals surface area contributed by atoms with Crippen LogP contribution in [0.1, 0.15) is 26.7 Å². The fraction of sp³-hybridized carbons (Fsp3) is 0.304. The van der Waals surface area contributed by atoms with E-state index in [9.17, 15) is 4.79 Å². The number of benzene rings is 2. The van der Waals surface area contributed by atoms with Gasteiger partial charge in [-0.15, -0.1) is 0 Å². The number of aromatic nitrogens is 2. The molecule has 1 unspecified atom stereocenters. The third-order valence-electron chi connectivity index (χ3n) is 4.90. The van der Waals surface area contributed by atoms with Crippen LogP contribution in [0.3, 0.4) is 0 Å². The van der Waals surface area contributed by atoms with Crippen LogP contribution in [-0.2, 0) is 9.53 Å². The van der Waals surface area contributed by atoms with E-state index in [4.69, 9.17) is 9.72 Å². The Morgan fingerprint density at radius 3 is 2.36 bits per heavy atom. The molecule has 2 heterocycles. The highest BCUT2D eigenvalue weighted by molar-refractivity contribution is 7.99. The molecule has 1 atom stereocenters. The quantitative estimate of drug-likeness (QED) is 0.456. The molecular formula is C23H24N2O2S. The molecule has 4 nitrogen and oxygen atoms in total. The van der Waals surface area contributed by atoms with Crippen LogP contribution in [0.5, 0.6) is 0 Å². The van der Waals surface area contributed by atoms with Gasteiger partial charge in [-0.05, 0) is 11.8 Å². The monoisotopic (exact) mass is 392 g/mol. The second-order valence-electron chi connectivity index (χ2n) is 7.97. The zero-order valence-electron chi connectivity index (χ0n) is 16.1. The molecule has 2 aromatic carbocycles. The van der Waals surface area contributed by atoms with Gasteiger partial charge < -0.3 is 9.72 Å². The lowest BCUT2D eigenvalue weighted by Gasteiger charge is -2.34. The van der Waals surface area contributed by atoms with Crippen LogP contribution in [0.2, 0.25) is 0 Å². The van der Waals surface area contributed by atoms with Crippen molar-refractivity contribution in [3.63, 3.8) is 0 Å². The number of carbonyl (C=O) groups is 1. The standard InChI is InChI=1S/C23H24N2O2S/c1-23(2)13-18(27-19(26)14-23)15-28-22-24-20(16-9-5-3-6-10-16)21(25-22)17-11-7-4-8-12-17/h3-12,18H,13-15H2,1-2H3,(H,24,25). The maximum atomic E-state index is 11.9. The second kappa shape index (κ2) is 7.84. The molecule has 1 saturated heterocycles. The Kier molecular flexibility index (Phi) is 5.27. The van der Waals surface area contributed by atoms with E-state index < -0.39 is 0 Å². The van der Waals surface area contributed by atoms with E-state index in [1.807, 2.05) is 36.4 Å². The van der Waals surface area contributed by atoms with Crippen molar-refractivity contribution >= 4 is 17.7 Å². The summed E-state index contributed by atoms with van der Waals surface area (Å²) in [6, 6.07) is 20.4. The van der Waals surface area contributed by atoms with Crippen molar-refractivity contribution in [1.29, 1.82) is 0 Å². The Morgan fingerprint density at radius 1 is 1.07 bits per heavy atom. The minimum Gasteiger partial charge on any atom is -0.461 e. The molecule has 4 rings (SSSR count). The van der Waals surface area contributed by atoms with Gasteiger partial charge in [-0.25, -0.2) is 4.98 Å². The number of hydrogen-bond acceptors (Lipinski definition) is 4. The van der Waals surface area contributed by atoms with Crippen LogP contribution < -0.4 is 0 Å². The van der Waals surface area contributed by atoms with Gasteiger partial charge in [-0.1, -0.05) is 86.3 Å². The predicted octanol–water partition coefficient (Wildman–Crippen LogP) is 5.57. The van der Waals surface area contributed by atoms with Crippen molar-refractivity contribution in [3.05, 3.63) is 60.7 Å². The number of ether oxygens (including phenoxy) is 1. The number of H-pyrrole nitrogens is 1. The Hall–Kier alpha value is -2.53. The van der Waals surface area contributed by atoms with Gasteiger partial charge in [0.15, 0.2) is 5.16 Å². The molecule has 0 radical (unpaired) electrons. The summed E-state index contributed by atoms with van der Waals surface area (Å²) >= 11 is 1.61. The molecule has 144 valence electrons. The van der Waals surface area contributed by atoms with Gasteiger partial charge in [0, 0.05) is 16.9 Å². The summed E-state index contributed by atoms with van der Waals surface area (Å²) < 4.78 is 5.55. The van der Waals surface area contributed by atoms with Gasteiger partial charge in [0.2, 0.25) is 0 Å². The first-order valence-corrected chi connectivity index (χ1v) is 10.5. The average molecular weight is 393 g/mol. The normalized spacial score (nSPS) is 18.6. The van der Waals surface area contributed by atoms with Crippen molar-refractivity contribution in [1.82, 2.24) is 9.97 Å². The number of esters is 1. The highest BCUT2D eigenvalue weighted by Crippen LogP contribution is 2.36. The number of imidazole rings is 1. The first-order chi connectivity index (χ1) is 13.5. The number of rotatable bonds is 5. The minimum absolute atomic E-state index is 0.00583. The molecule has 1 aliphatic rings. The second-order valence-corrected chi connectivity index (χ2v) is 8.97. The number of nitrogens with one attached hydrogen (secondary N) is 1. The molecular weight excluding hydrogens is 368 g/mol. The van der Waals surface area contributed by atoms with Crippen LogP contribution in [0.4, 0.5) is 0 Å². The van der Waals surface area contributed by atoms with E-state index in [-0.39, 0.29) is 17.5 Å². The first-order valence-electron chi connectivity index (χ1n) is 9.53. The fourth-order valence-electron chi connectivity index (χ4n) is 3.65. The lowest BCUT2D eigenvalue weighted by molar-refractivity contribution is -0.158. The van der Waals surface area contributed by atoms with E-state index in [1.165, 1.54) is 0 Å². The van der Waals surface area contributed by atoms with Crippen molar-refractivity contribution in [2.45, 2.75) is 37.9 Å². The van der Waals surface area contributed by atoms with Crippen molar-refractivity contribution < 1.29 is 9.53 Å². The van der Waals surface area contributed by atoms with Gasteiger partial charge >= 0.3 is 5.97 Å².